The van der Waals surface area contributed by atoms with Gasteiger partial charge in [-0.3, -0.25) is 9.79 Å². The van der Waals surface area contributed by atoms with Crippen molar-refractivity contribution in [2.45, 2.75) is 32.6 Å². The van der Waals surface area contributed by atoms with E-state index in [-0.39, 0.29) is 5.91 Å². The first-order valence-electron chi connectivity index (χ1n) is 10.1. The fraction of sp³-hybridized carbons (Fsp3) is 0.619. The van der Waals surface area contributed by atoms with Crippen LogP contribution in [0.1, 0.15) is 42.1 Å². The molecule has 1 aliphatic rings. The average Bonchev–Trinajstić information content (AvgIpc) is 3.18. The molecular formula is C21H35N5O. The number of hydrogen-bond donors (Lipinski definition) is 2. The molecular weight excluding hydrogens is 338 g/mol. The van der Waals surface area contributed by atoms with Gasteiger partial charge in [-0.15, -0.1) is 0 Å². The third-order valence-corrected chi connectivity index (χ3v) is 4.73. The van der Waals surface area contributed by atoms with E-state index in [2.05, 4.69) is 33.5 Å². The van der Waals surface area contributed by atoms with Gasteiger partial charge in [0.2, 0.25) is 0 Å². The van der Waals surface area contributed by atoms with Crippen LogP contribution in [-0.2, 0) is 6.42 Å². The van der Waals surface area contributed by atoms with Crippen molar-refractivity contribution >= 4 is 11.9 Å². The Hall–Kier alpha value is -2.08. The first-order valence-corrected chi connectivity index (χ1v) is 10.1. The van der Waals surface area contributed by atoms with Gasteiger partial charge < -0.3 is 20.4 Å². The molecule has 6 nitrogen and oxygen atoms in total. The van der Waals surface area contributed by atoms with Gasteiger partial charge >= 0.3 is 0 Å². The van der Waals surface area contributed by atoms with Crippen molar-refractivity contribution in [1.82, 2.24) is 20.4 Å². The number of nitrogens with zero attached hydrogens (tertiary/aromatic N) is 3. The molecule has 2 rings (SSSR count). The molecule has 0 aliphatic carbocycles. The quantitative estimate of drug-likeness (QED) is 0.395. The highest BCUT2D eigenvalue weighted by Gasteiger charge is 2.10. The van der Waals surface area contributed by atoms with Crippen molar-refractivity contribution in [3.63, 3.8) is 0 Å². The molecule has 1 amide bonds. The summed E-state index contributed by atoms with van der Waals surface area (Å²) in [5.74, 6) is 0.914. The van der Waals surface area contributed by atoms with E-state index in [1.165, 1.54) is 25.9 Å². The summed E-state index contributed by atoms with van der Waals surface area (Å²) >= 11 is 0. The zero-order valence-corrected chi connectivity index (χ0v) is 17.1. The van der Waals surface area contributed by atoms with Crippen LogP contribution in [0.25, 0.3) is 0 Å². The highest BCUT2D eigenvalue weighted by atomic mass is 16.2. The van der Waals surface area contributed by atoms with Crippen LogP contribution in [0.15, 0.2) is 29.3 Å². The van der Waals surface area contributed by atoms with Gasteiger partial charge in [0.05, 0.1) is 0 Å². The number of rotatable bonds is 9. The molecule has 1 aromatic rings. The number of guanidine groups is 1. The molecule has 1 aliphatic heterocycles. The molecule has 0 bridgehead atoms. The Kier molecular flexibility index (Phi) is 9.11. The number of likely N-dealkylation sites (tertiary alicyclic amines) is 1. The lowest BCUT2D eigenvalue weighted by Gasteiger charge is -2.14. The first kappa shape index (κ1) is 21.2. The van der Waals surface area contributed by atoms with Crippen LogP contribution in [-0.4, -0.2) is 75.0 Å². The standard InChI is InChI=1S/C21H35N5O/c1-4-22-21(23-12-8-16-26-14-5-6-15-26)24-13-11-18-9-7-10-19(17-18)20(27)25(2)3/h7,9-10,17H,4-6,8,11-16H2,1-3H3,(H2,22,23,24). The van der Waals surface area contributed by atoms with E-state index in [0.717, 1.165) is 56.1 Å². The second-order valence-corrected chi connectivity index (χ2v) is 7.24. The second kappa shape index (κ2) is 11.6. The number of benzene rings is 1. The Bertz CT molecular complexity index is 608. The molecule has 0 spiro atoms. The maximum atomic E-state index is 12.1. The summed E-state index contributed by atoms with van der Waals surface area (Å²) in [7, 11) is 3.55. The van der Waals surface area contributed by atoms with Gasteiger partial charge in [0.1, 0.15) is 0 Å². The topological polar surface area (TPSA) is 60.0 Å². The van der Waals surface area contributed by atoms with Gasteiger partial charge in [-0.2, -0.15) is 0 Å². The molecule has 27 heavy (non-hydrogen) atoms. The number of nitrogens with one attached hydrogen (secondary N) is 2. The lowest BCUT2D eigenvalue weighted by atomic mass is 10.1. The van der Waals surface area contributed by atoms with Gasteiger partial charge in [-0.05, 0) is 69.9 Å². The van der Waals surface area contributed by atoms with E-state index in [9.17, 15) is 4.79 Å². The summed E-state index contributed by atoms with van der Waals surface area (Å²) in [5.41, 5.74) is 1.89. The minimum atomic E-state index is 0.0395. The molecule has 0 radical (unpaired) electrons. The lowest BCUT2D eigenvalue weighted by molar-refractivity contribution is 0.0827. The van der Waals surface area contributed by atoms with Crippen LogP contribution in [0.5, 0.6) is 0 Å². The first-order chi connectivity index (χ1) is 13.1. The van der Waals surface area contributed by atoms with Gasteiger partial charge in [-0.25, -0.2) is 0 Å². The van der Waals surface area contributed by atoms with E-state index >= 15 is 0 Å². The Morgan fingerprint density at radius 1 is 1.22 bits per heavy atom. The molecule has 0 unspecified atom stereocenters. The summed E-state index contributed by atoms with van der Waals surface area (Å²) in [5, 5.41) is 6.71. The maximum Gasteiger partial charge on any atom is 0.253 e. The second-order valence-electron chi connectivity index (χ2n) is 7.24. The monoisotopic (exact) mass is 373 g/mol. The normalized spacial score (nSPS) is 15.0. The molecule has 150 valence electrons. The van der Waals surface area contributed by atoms with Crippen LogP contribution >= 0.6 is 0 Å². The van der Waals surface area contributed by atoms with Gasteiger partial charge in [0, 0.05) is 39.3 Å². The van der Waals surface area contributed by atoms with E-state index in [1.54, 1.807) is 19.0 Å². The third-order valence-electron chi connectivity index (χ3n) is 4.73. The predicted octanol–water partition coefficient (Wildman–Crippen LogP) is 1.97. The highest BCUT2D eigenvalue weighted by molar-refractivity contribution is 5.94. The lowest BCUT2D eigenvalue weighted by Crippen LogP contribution is -2.38. The molecule has 1 heterocycles. The van der Waals surface area contributed by atoms with E-state index in [0.29, 0.717) is 0 Å². The molecule has 0 aromatic heterocycles. The Balaban J connectivity index is 1.77. The van der Waals surface area contributed by atoms with Crippen LogP contribution < -0.4 is 10.6 Å². The zero-order valence-electron chi connectivity index (χ0n) is 17.1. The van der Waals surface area contributed by atoms with Crippen molar-refractivity contribution in [3.05, 3.63) is 35.4 Å². The largest absolute Gasteiger partial charge is 0.357 e. The minimum absolute atomic E-state index is 0.0395. The van der Waals surface area contributed by atoms with E-state index < -0.39 is 0 Å². The number of carbonyl (C=O) groups is 1. The number of carbonyl (C=O) groups excluding carboxylic acids is 1. The SMILES string of the molecule is CCNC(=NCCCN1CCCC1)NCCc1cccc(C(=O)N(C)C)c1. The van der Waals surface area contributed by atoms with Crippen LogP contribution in [0.4, 0.5) is 0 Å². The van der Waals surface area contributed by atoms with Crippen molar-refractivity contribution < 1.29 is 4.79 Å². The third kappa shape index (κ3) is 7.59. The zero-order chi connectivity index (χ0) is 19.5. The summed E-state index contributed by atoms with van der Waals surface area (Å²) < 4.78 is 0. The van der Waals surface area contributed by atoms with E-state index in [1.807, 2.05) is 18.2 Å². The molecule has 1 aromatic carbocycles. The molecule has 1 fully saturated rings. The summed E-state index contributed by atoms with van der Waals surface area (Å²) in [6, 6.07) is 7.85. The minimum Gasteiger partial charge on any atom is -0.357 e. The molecule has 1 saturated heterocycles. The fourth-order valence-corrected chi connectivity index (χ4v) is 3.28. The van der Waals surface area contributed by atoms with Crippen molar-refractivity contribution in [1.29, 1.82) is 0 Å². The van der Waals surface area contributed by atoms with E-state index in [4.69, 9.17) is 0 Å². The maximum absolute atomic E-state index is 12.1. The molecule has 2 N–H and O–H groups in total. The number of hydrogen-bond acceptors (Lipinski definition) is 3. The number of aliphatic imine (C=N–C) groups is 1. The van der Waals surface area contributed by atoms with Crippen molar-refractivity contribution in [2.75, 3.05) is 53.4 Å². The Morgan fingerprint density at radius 2 is 2.00 bits per heavy atom. The summed E-state index contributed by atoms with van der Waals surface area (Å²) in [6.45, 7) is 8.21. The Labute approximate surface area is 164 Å². The molecule has 0 saturated carbocycles. The van der Waals surface area contributed by atoms with Crippen LogP contribution in [0, 0.1) is 0 Å². The average molecular weight is 374 g/mol. The summed E-state index contributed by atoms with van der Waals surface area (Å²) in [4.78, 5) is 20.9. The van der Waals surface area contributed by atoms with Gasteiger partial charge in [-0.1, -0.05) is 12.1 Å². The highest BCUT2D eigenvalue weighted by Crippen LogP contribution is 2.08. The molecule has 0 atom stereocenters. The van der Waals surface area contributed by atoms with Gasteiger partial charge in [0.25, 0.3) is 5.91 Å². The Morgan fingerprint density at radius 3 is 2.70 bits per heavy atom. The van der Waals surface area contributed by atoms with Crippen molar-refractivity contribution in [3.8, 4) is 0 Å². The summed E-state index contributed by atoms with van der Waals surface area (Å²) in [6.07, 6.45) is 4.64. The predicted molar refractivity (Wildman–Crippen MR) is 112 cm³/mol. The molecule has 6 heteroatoms. The van der Waals surface area contributed by atoms with Gasteiger partial charge in [0.15, 0.2) is 5.96 Å². The fourth-order valence-electron chi connectivity index (χ4n) is 3.28. The van der Waals surface area contributed by atoms with Crippen LogP contribution in [0.3, 0.4) is 0 Å². The smallest absolute Gasteiger partial charge is 0.253 e. The number of amides is 1. The van der Waals surface area contributed by atoms with Crippen molar-refractivity contribution in [2.24, 2.45) is 4.99 Å². The van der Waals surface area contributed by atoms with Crippen LogP contribution in [0.2, 0.25) is 0 Å².